The smallest absolute Gasteiger partial charge is 0.267 e. The number of hydrogen-bond acceptors (Lipinski definition) is 3. The van der Waals surface area contributed by atoms with Crippen LogP contribution in [0.25, 0.3) is 0 Å². The van der Waals surface area contributed by atoms with Gasteiger partial charge in [-0.25, -0.2) is 8.42 Å². The first-order chi connectivity index (χ1) is 8.33. The van der Waals surface area contributed by atoms with Gasteiger partial charge in [0.2, 0.25) is 0 Å². The molecule has 1 aromatic heterocycles. The van der Waals surface area contributed by atoms with E-state index in [0.717, 1.165) is 4.47 Å². The molecule has 0 spiro atoms. The van der Waals surface area contributed by atoms with Crippen LogP contribution in [0, 0.1) is 0 Å². The normalized spacial score (nSPS) is 11.5. The lowest BCUT2D eigenvalue weighted by atomic mass is 10.3. The molecule has 0 atom stereocenters. The van der Waals surface area contributed by atoms with E-state index in [-0.39, 0.29) is 11.7 Å². The predicted molar refractivity (Wildman–Crippen MR) is 74.5 cm³/mol. The van der Waals surface area contributed by atoms with Gasteiger partial charge in [-0.3, -0.25) is 4.79 Å². The Balaban J connectivity index is 2.50. The molecule has 7 heteroatoms. The van der Waals surface area contributed by atoms with E-state index in [1.165, 1.54) is 6.26 Å². The third-order valence-electron chi connectivity index (χ3n) is 2.41. The number of sulfone groups is 1. The third kappa shape index (κ3) is 4.81. The lowest BCUT2D eigenvalue weighted by molar-refractivity contribution is 0.0944. The van der Waals surface area contributed by atoms with Gasteiger partial charge in [-0.15, -0.1) is 0 Å². The number of amides is 1. The minimum absolute atomic E-state index is 0.0891. The summed E-state index contributed by atoms with van der Waals surface area (Å²) in [4.78, 5) is 11.9. The number of nitrogens with zero attached hydrogens (tertiary/aromatic N) is 1. The number of carbonyl (C=O) groups is 1. The number of halogens is 1. The summed E-state index contributed by atoms with van der Waals surface area (Å²) in [5, 5.41) is 2.71. The molecule has 1 aromatic rings. The molecule has 0 aliphatic carbocycles. The minimum Gasteiger partial charge on any atom is -0.351 e. The van der Waals surface area contributed by atoms with E-state index in [1.807, 2.05) is 17.7 Å². The molecule has 0 fully saturated rings. The Morgan fingerprint density at radius 1 is 1.50 bits per heavy atom. The third-order valence-corrected chi connectivity index (χ3v) is 3.88. The number of rotatable bonds is 6. The predicted octanol–water partition coefficient (Wildman–Crippen LogP) is 1.43. The SMILES string of the molecule is CCn1cc(Br)cc1C(=O)NCCCS(C)(=O)=O. The van der Waals surface area contributed by atoms with Crippen molar-refractivity contribution in [3.05, 3.63) is 22.4 Å². The van der Waals surface area contributed by atoms with Crippen LogP contribution in [-0.2, 0) is 16.4 Å². The van der Waals surface area contributed by atoms with Gasteiger partial charge >= 0.3 is 0 Å². The van der Waals surface area contributed by atoms with E-state index >= 15 is 0 Å². The van der Waals surface area contributed by atoms with Gasteiger partial charge in [0.05, 0.1) is 5.75 Å². The molecule has 0 bridgehead atoms. The van der Waals surface area contributed by atoms with Gasteiger partial charge in [-0.2, -0.15) is 0 Å². The van der Waals surface area contributed by atoms with Gasteiger partial charge in [0, 0.05) is 30.0 Å². The molecule has 0 saturated heterocycles. The highest BCUT2D eigenvalue weighted by molar-refractivity contribution is 9.10. The quantitative estimate of drug-likeness (QED) is 0.799. The van der Waals surface area contributed by atoms with Crippen LogP contribution in [0.5, 0.6) is 0 Å². The summed E-state index contributed by atoms with van der Waals surface area (Å²) in [5.41, 5.74) is 0.573. The lowest BCUT2D eigenvalue weighted by Gasteiger charge is -2.07. The van der Waals surface area contributed by atoms with E-state index in [4.69, 9.17) is 0 Å². The zero-order valence-electron chi connectivity index (χ0n) is 10.4. The Morgan fingerprint density at radius 3 is 2.72 bits per heavy atom. The summed E-state index contributed by atoms with van der Waals surface area (Å²) >= 11 is 3.32. The number of aromatic nitrogens is 1. The van der Waals surface area contributed by atoms with Crippen molar-refractivity contribution in [2.24, 2.45) is 0 Å². The zero-order chi connectivity index (χ0) is 13.8. The van der Waals surface area contributed by atoms with E-state index in [9.17, 15) is 13.2 Å². The van der Waals surface area contributed by atoms with Crippen LogP contribution in [0.1, 0.15) is 23.8 Å². The largest absolute Gasteiger partial charge is 0.351 e. The van der Waals surface area contributed by atoms with Gasteiger partial charge in [0.1, 0.15) is 15.5 Å². The molecule has 102 valence electrons. The second kappa shape index (κ2) is 6.38. The van der Waals surface area contributed by atoms with Crippen LogP contribution in [0.3, 0.4) is 0 Å². The van der Waals surface area contributed by atoms with Crippen molar-refractivity contribution in [1.82, 2.24) is 9.88 Å². The summed E-state index contributed by atoms with van der Waals surface area (Å²) in [7, 11) is -2.96. The van der Waals surface area contributed by atoms with Crippen molar-refractivity contribution in [3.8, 4) is 0 Å². The standard InChI is InChI=1S/C11H17BrN2O3S/c1-3-14-8-9(12)7-10(14)11(15)13-5-4-6-18(2,16)17/h7-8H,3-6H2,1-2H3,(H,13,15). The summed E-state index contributed by atoms with van der Waals surface area (Å²) in [6.07, 6.45) is 3.46. The molecule has 0 unspecified atom stereocenters. The van der Waals surface area contributed by atoms with E-state index in [0.29, 0.717) is 25.2 Å². The minimum atomic E-state index is -2.96. The fraction of sp³-hybridized carbons (Fsp3) is 0.545. The second-order valence-corrected chi connectivity index (χ2v) is 7.24. The number of nitrogens with one attached hydrogen (secondary N) is 1. The van der Waals surface area contributed by atoms with Crippen molar-refractivity contribution in [2.45, 2.75) is 19.9 Å². The van der Waals surface area contributed by atoms with Crippen LogP contribution in [0.4, 0.5) is 0 Å². The van der Waals surface area contributed by atoms with Crippen molar-refractivity contribution in [3.63, 3.8) is 0 Å². The van der Waals surface area contributed by atoms with Crippen molar-refractivity contribution < 1.29 is 13.2 Å². The first-order valence-electron chi connectivity index (χ1n) is 5.65. The van der Waals surface area contributed by atoms with Crippen molar-refractivity contribution in [2.75, 3.05) is 18.6 Å². The molecule has 0 aliphatic heterocycles. The van der Waals surface area contributed by atoms with Crippen LogP contribution in [0.2, 0.25) is 0 Å². The molecule has 5 nitrogen and oxygen atoms in total. The van der Waals surface area contributed by atoms with E-state index < -0.39 is 9.84 Å². The highest BCUT2D eigenvalue weighted by atomic mass is 79.9. The molecule has 0 aromatic carbocycles. The van der Waals surface area contributed by atoms with Gasteiger partial charge in [0.25, 0.3) is 5.91 Å². The molecular formula is C11H17BrN2O3S. The molecule has 0 radical (unpaired) electrons. The Kier molecular flexibility index (Phi) is 5.40. The first kappa shape index (κ1) is 15.2. The lowest BCUT2D eigenvalue weighted by Crippen LogP contribution is -2.27. The van der Waals surface area contributed by atoms with Crippen LogP contribution in [-0.4, -0.2) is 37.4 Å². The van der Waals surface area contributed by atoms with Gasteiger partial charge in [-0.05, 0) is 35.3 Å². The molecule has 0 aliphatic rings. The summed E-state index contributed by atoms with van der Waals surface area (Å²) in [5.74, 6) is -0.0952. The fourth-order valence-electron chi connectivity index (χ4n) is 1.55. The molecule has 0 saturated carbocycles. The highest BCUT2D eigenvalue weighted by Crippen LogP contribution is 2.14. The maximum atomic E-state index is 11.9. The Morgan fingerprint density at radius 2 is 2.17 bits per heavy atom. The summed E-state index contributed by atoms with van der Waals surface area (Å²) < 4.78 is 24.5. The molecular weight excluding hydrogens is 320 g/mol. The van der Waals surface area contributed by atoms with E-state index in [2.05, 4.69) is 21.2 Å². The fourth-order valence-corrected chi connectivity index (χ4v) is 2.69. The number of aryl methyl sites for hydroxylation is 1. The maximum absolute atomic E-state index is 11.9. The highest BCUT2D eigenvalue weighted by Gasteiger charge is 2.11. The average molecular weight is 337 g/mol. The Labute approximate surface area is 116 Å². The molecule has 1 heterocycles. The monoisotopic (exact) mass is 336 g/mol. The van der Waals surface area contributed by atoms with Crippen molar-refractivity contribution in [1.29, 1.82) is 0 Å². The molecule has 1 N–H and O–H groups in total. The summed E-state index contributed by atoms with van der Waals surface area (Å²) in [6.45, 7) is 3.02. The Bertz CT molecular complexity index is 522. The van der Waals surface area contributed by atoms with Crippen molar-refractivity contribution >= 4 is 31.7 Å². The average Bonchev–Trinajstić information content (AvgIpc) is 2.64. The van der Waals surface area contributed by atoms with Gasteiger partial charge in [0.15, 0.2) is 0 Å². The van der Waals surface area contributed by atoms with Gasteiger partial charge < -0.3 is 9.88 Å². The molecule has 18 heavy (non-hydrogen) atoms. The topological polar surface area (TPSA) is 68.2 Å². The van der Waals surface area contributed by atoms with Crippen LogP contribution < -0.4 is 5.32 Å². The van der Waals surface area contributed by atoms with E-state index in [1.54, 1.807) is 6.07 Å². The second-order valence-electron chi connectivity index (χ2n) is 4.07. The van der Waals surface area contributed by atoms with Gasteiger partial charge in [-0.1, -0.05) is 0 Å². The molecule has 1 rings (SSSR count). The zero-order valence-corrected chi connectivity index (χ0v) is 12.8. The first-order valence-corrected chi connectivity index (χ1v) is 8.50. The number of carbonyl (C=O) groups excluding carboxylic acids is 1. The number of hydrogen-bond donors (Lipinski definition) is 1. The van der Waals surface area contributed by atoms with Crippen LogP contribution in [0.15, 0.2) is 16.7 Å². The van der Waals surface area contributed by atoms with Crippen LogP contribution >= 0.6 is 15.9 Å². The summed E-state index contributed by atoms with van der Waals surface area (Å²) in [6, 6.07) is 1.75. The molecule has 1 amide bonds. The Hall–Kier alpha value is -0.820. The maximum Gasteiger partial charge on any atom is 0.267 e.